The number of benzene rings is 1. The molecule has 5 nitrogen and oxygen atoms in total. The zero-order chi connectivity index (χ0) is 13.1. The fourth-order valence-corrected chi connectivity index (χ4v) is 1.17. The lowest BCUT2D eigenvalue weighted by molar-refractivity contribution is 0.0228. The molecule has 0 spiro atoms. The Morgan fingerprint density at radius 3 is 2.59 bits per heavy atom. The van der Waals surface area contributed by atoms with Crippen molar-refractivity contribution in [2.45, 2.75) is 19.4 Å². The Kier molecular flexibility index (Phi) is 3.96. The summed E-state index contributed by atoms with van der Waals surface area (Å²) in [4.78, 5) is 11.7. The number of phenols is 2. The summed E-state index contributed by atoms with van der Waals surface area (Å²) in [5.41, 5.74) is -0.350. The molecule has 0 aliphatic heterocycles. The number of hydrogen-bond acceptors (Lipinski definition) is 4. The summed E-state index contributed by atoms with van der Waals surface area (Å²) in [6.45, 7) is 4.00. The van der Waals surface area contributed by atoms with E-state index in [-0.39, 0.29) is 17.1 Å². The third kappa shape index (κ3) is 3.64. The molecule has 0 radical (unpaired) electrons. The van der Waals surface area contributed by atoms with Gasteiger partial charge in [0.2, 0.25) is 0 Å². The smallest absolute Gasteiger partial charge is 0.255 e. The number of aromatic hydroxyl groups is 2. The van der Waals surface area contributed by atoms with Crippen molar-refractivity contribution in [1.82, 2.24) is 5.32 Å². The van der Waals surface area contributed by atoms with Crippen LogP contribution in [0.5, 0.6) is 11.5 Å². The maximum atomic E-state index is 11.7. The van der Waals surface area contributed by atoms with Crippen LogP contribution in [0.2, 0.25) is 0 Å². The quantitative estimate of drug-likeness (QED) is 0.739. The van der Waals surface area contributed by atoms with Gasteiger partial charge in [0, 0.05) is 19.7 Å². The molecule has 1 aromatic rings. The molecule has 17 heavy (non-hydrogen) atoms. The number of rotatable bonds is 4. The molecule has 0 saturated heterocycles. The second-order valence-electron chi connectivity index (χ2n) is 4.35. The first kappa shape index (κ1) is 13.3. The van der Waals surface area contributed by atoms with Gasteiger partial charge >= 0.3 is 0 Å². The zero-order valence-electron chi connectivity index (χ0n) is 10.2. The third-order valence-electron chi connectivity index (χ3n) is 2.45. The second-order valence-corrected chi connectivity index (χ2v) is 4.35. The molecule has 1 rings (SSSR count). The number of phenolic OH excluding ortho intramolecular Hbond substituents is 2. The van der Waals surface area contributed by atoms with Gasteiger partial charge in [-0.2, -0.15) is 0 Å². The summed E-state index contributed by atoms with van der Waals surface area (Å²) in [5, 5.41) is 21.2. The summed E-state index contributed by atoms with van der Waals surface area (Å²) < 4.78 is 5.16. The number of methoxy groups -OCH3 is 1. The van der Waals surface area contributed by atoms with E-state index < -0.39 is 11.5 Å². The van der Waals surface area contributed by atoms with E-state index >= 15 is 0 Å². The van der Waals surface area contributed by atoms with Crippen molar-refractivity contribution in [3.8, 4) is 11.5 Å². The molecule has 0 unspecified atom stereocenters. The lowest BCUT2D eigenvalue weighted by Crippen LogP contribution is -2.39. The van der Waals surface area contributed by atoms with Crippen molar-refractivity contribution in [2.24, 2.45) is 0 Å². The summed E-state index contributed by atoms with van der Waals surface area (Å²) in [6, 6.07) is 3.83. The van der Waals surface area contributed by atoms with Crippen LogP contribution in [0.25, 0.3) is 0 Å². The largest absolute Gasteiger partial charge is 0.508 e. The first-order chi connectivity index (χ1) is 7.85. The number of carbonyl (C=O) groups excluding carboxylic acids is 1. The van der Waals surface area contributed by atoms with Gasteiger partial charge in [-0.15, -0.1) is 0 Å². The number of hydrogen-bond donors (Lipinski definition) is 3. The van der Waals surface area contributed by atoms with Gasteiger partial charge in [0.1, 0.15) is 11.5 Å². The summed E-state index contributed by atoms with van der Waals surface area (Å²) in [7, 11) is 1.56. The van der Waals surface area contributed by atoms with Gasteiger partial charge in [0.05, 0.1) is 11.2 Å². The Labute approximate surface area is 100 Å². The second kappa shape index (κ2) is 5.05. The first-order valence-electron chi connectivity index (χ1n) is 5.21. The predicted molar refractivity (Wildman–Crippen MR) is 63.2 cm³/mol. The molecule has 0 aliphatic carbocycles. The molecular formula is C12H17NO4. The SMILES string of the molecule is COC(C)(C)CNC(=O)c1ccc(O)cc1O. The fourth-order valence-electron chi connectivity index (χ4n) is 1.17. The highest BCUT2D eigenvalue weighted by molar-refractivity contribution is 5.97. The van der Waals surface area contributed by atoms with Gasteiger partial charge in [-0.1, -0.05) is 0 Å². The highest BCUT2D eigenvalue weighted by atomic mass is 16.5. The molecule has 1 amide bonds. The Hall–Kier alpha value is -1.75. The van der Waals surface area contributed by atoms with Crippen molar-refractivity contribution >= 4 is 5.91 Å². The number of amides is 1. The lowest BCUT2D eigenvalue weighted by Gasteiger charge is -2.23. The molecule has 94 valence electrons. The van der Waals surface area contributed by atoms with Crippen molar-refractivity contribution in [1.29, 1.82) is 0 Å². The Morgan fingerprint density at radius 2 is 2.06 bits per heavy atom. The molecule has 0 saturated carbocycles. The maximum absolute atomic E-state index is 11.7. The van der Waals surface area contributed by atoms with E-state index in [1.807, 2.05) is 13.8 Å². The molecule has 0 bridgehead atoms. The number of carbonyl (C=O) groups is 1. The van der Waals surface area contributed by atoms with Gasteiger partial charge in [-0.3, -0.25) is 4.79 Å². The topological polar surface area (TPSA) is 78.8 Å². The van der Waals surface area contributed by atoms with Crippen LogP contribution >= 0.6 is 0 Å². The van der Waals surface area contributed by atoms with Crippen LogP contribution in [0.15, 0.2) is 18.2 Å². The molecule has 0 atom stereocenters. The van der Waals surface area contributed by atoms with Crippen LogP contribution in [-0.2, 0) is 4.74 Å². The van der Waals surface area contributed by atoms with E-state index in [9.17, 15) is 9.90 Å². The van der Waals surface area contributed by atoms with E-state index in [1.54, 1.807) is 7.11 Å². The van der Waals surface area contributed by atoms with Gasteiger partial charge in [0.25, 0.3) is 5.91 Å². The first-order valence-corrected chi connectivity index (χ1v) is 5.21. The van der Waals surface area contributed by atoms with E-state index in [4.69, 9.17) is 9.84 Å². The number of nitrogens with one attached hydrogen (secondary N) is 1. The molecule has 0 heterocycles. The predicted octanol–water partition coefficient (Wildman–Crippen LogP) is 1.25. The summed E-state index contributed by atoms with van der Waals surface area (Å²) in [5.74, 6) is -0.749. The Bertz CT molecular complexity index is 415. The standard InChI is InChI=1S/C12H17NO4/c1-12(2,17-3)7-13-11(16)9-5-4-8(14)6-10(9)15/h4-6,14-15H,7H2,1-3H3,(H,13,16). The van der Waals surface area contributed by atoms with Gasteiger partial charge in [-0.05, 0) is 26.0 Å². The van der Waals surface area contributed by atoms with Crippen molar-refractivity contribution in [3.63, 3.8) is 0 Å². The van der Waals surface area contributed by atoms with Crippen LogP contribution in [0.3, 0.4) is 0 Å². The van der Waals surface area contributed by atoms with E-state index in [1.165, 1.54) is 12.1 Å². The fraction of sp³-hybridized carbons (Fsp3) is 0.417. The monoisotopic (exact) mass is 239 g/mol. The van der Waals surface area contributed by atoms with Crippen LogP contribution in [-0.4, -0.2) is 35.4 Å². The Morgan fingerprint density at radius 1 is 1.41 bits per heavy atom. The lowest BCUT2D eigenvalue weighted by atomic mass is 10.1. The average Bonchev–Trinajstić information content (AvgIpc) is 2.26. The van der Waals surface area contributed by atoms with Crippen molar-refractivity contribution < 1.29 is 19.7 Å². The minimum Gasteiger partial charge on any atom is -0.508 e. The minimum absolute atomic E-state index is 0.0868. The van der Waals surface area contributed by atoms with Crippen LogP contribution in [0.4, 0.5) is 0 Å². The summed E-state index contributed by atoms with van der Waals surface area (Å²) >= 11 is 0. The maximum Gasteiger partial charge on any atom is 0.255 e. The van der Waals surface area contributed by atoms with E-state index in [2.05, 4.69) is 5.32 Å². The van der Waals surface area contributed by atoms with Gasteiger partial charge < -0.3 is 20.3 Å². The molecule has 3 N–H and O–H groups in total. The minimum atomic E-state index is -0.470. The van der Waals surface area contributed by atoms with Crippen LogP contribution in [0.1, 0.15) is 24.2 Å². The van der Waals surface area contributed by atoms with E-state index in [0.717, 1.165) is 6.07 Å². The summed E-state index contributed by atoms with van der Waals surface area (Å²) in [6.07, 6.45) is 0. The normalized spacial score (nSPS) is 11.2. The molecule has 5 heteroatoms. The highest BCUT2D eigenvalue weighted by Gasteiger charge is 2.19. The number of ether oxygens (including phenoxy) is 1. The van der Waals surface area contributed by atoms with Crippen molar-refractivity contribution in [2.75, 3.05) is 13.7 Å². The van der Waals surface area contributed by atoms with Crippen LogP contribution in [0, 0.1) is 0 Å². The zero-order valence-corrected chi connectivity index (χ0v) is 10.2. The van der Waals surface area contributed by atoms with Gasteiger partial charge in [0.15, 0.2) is 0 Å². The highest BCUT2D eigenvalue weighted by Crippen LogP contribution is 2.22. The van der Waals surface area contributed by atoms with Crippen LogP contribution < -0.4 is 5.32 Å². The molecule has 1 aromatic carbocycles. The Balaban J connectivity index is 2.71. The molecule has 0 aromatic heterocycles. The molecular weight excluding hydrogens is 222 g/mol. The van der Waals surface area contributed by atoms with E-state index in [0.29, 0.717) is 6.54 Å². The average molecular weight is 239 g/mol. The molecule has 0 aliphatic rings. The van der Waals surface area contributed by atoms with Crippen molar-refractivity contribution in [3.05, 3.63) is 23.8 Å². The third-order valence-corrected chi connectivity index (χ3v) is 2.45. The molecule has 0 fully saturated rings. The van der Waals surface area contributed by atoms with Gasteiger partial charge in [-0.25, -0.2) is 0 Å².